The van der Waals surface area contributed by atoms with Gasteiger partial charge < -0.3 is 14.9 Å². The number of benzene rings is 1. The molecule has 1 N–H and O–H groups in total. The van der Waals surface area contributed by atoms with Gasteiger partial charge in [0.25, 0.3) is 5.91 Å². The lowest BCUT2D eigenvalue weighted by Crippen LogP contribution is -2.34. The molecule has 0 radical (unpaired) electrons. The monoisotopic (exact) mass is 356 g/mol. The number of amides is 1. The van der Waals surface area contributed by atoms with E-state index in [2.05, 4.69) is 34.7 Å². The molecule has 0 unspecified atom stereocenters. The van der Waals surface area contributed by atoms with Crippen LogP contribution in [0.25, 0.3) is 0 Å². The van der Waals surface area contributed by atoms with Crippen LogP contribution < -0.4 is 0 Å². The van der Waals surface area contributed by atoms with Crippen LogP contribution in [0.15, 0.2) is 22.7 Å². The van der Waals surface area contributed by atoms with Gasteiger partial charge in [0.2, 0.25) is 0 Å². The predicted octanol–water partition coefficient (Wildman–Crippen LogP) is 3.35. The van der Waals surface area contributed by atoms with E-state index in [0.29, 0.717) is 16.6 Å². The van der Waals surface area contributed by atoms with E-state index in [9.17, 15) is 9.90 Å². The molecule has 1 aromatic rings. The molecule has 21 heavy (non-hydrogen) atoms. The van der Waals surface area contributed by atoms with E-state index in [1.54, 1.807) is 12.1 Å². The molecule has 0 aliphatic heterocycles. The highest BCUT2D eigenvalue weighted by atomic mass is 79.9. The Bertz CT molecular complexity index is 462. The van der Waals surface area contributed by atoms with Gasteiger partial charge in [0.05, 0.1) is 4.47 Å². The largest absolute Gasteiger partial charge is 0.507 e. The summed E-state index contributed by atoms with van der Waals surface area (Å²) in [5.41, 5.74) is 0.528. The summed E-state index contributed by atoms with van der Waals surface area (Å²) in [6.45, 7) is 10.8. The van der Waals surface area contributed by atoms with Gasteiger partial charge in [0, 0.05) is 18.7 Å². The summed E-state index contributed by atoms with van der Waals surface area (Å²) in [7, 11) is 0. The van der Waals surface area contributed by atoms with Gasteiger partial charge in [-0.1, -0.05) is 13.8 Å². The number of phenolic OH excluding ortho intramolecular Hbond substituents is 1. The van der Waals surface area contributed by atoms with Crippen LogP contribution in [-0.4, -0.2) is 53.5 Å². The van der Waals surface area contributed by atoms with Gasteiger partial charge in [-0.2, -0.15) is 0 Å². The summed E-state index contributed by atoms with van der Waals surface area (Å²) >= 11 is 3.23. The van der Waals surface area contributed by atoms with Gasteiger partial charge in [-0.05, 0) is 67.1 Å². The second-order valence-electron chi connectivity index (χ2n) is 4.93. The van der Waals surface area contributed by atoms with Crippen molar-refractivity contribution in [2.75, 3.05) is 32.7 Å². The molecule has 118 valence electrons. The number of hydrogen-bond donors (Lipinski definition) is 1. The zero-order valence-electron chi connectivity index (χ0n) is 13.1. The van der Waals surface area contributed by atoms with Gasteiger partial charge in [0.1, 0.15) is 5.75 Å². The molecule has 0 bridgehead atoms. The van der Waals surface area contributed by atoms with Crippen molar-refractivity contribution in [1.82, 2.24) is 9.80 Å². The number of hydrogen-bond acceptors (Lipinski definition) is 3. The predicted molar refractivity (Wildman–Crippen MR) is 89.8 cm³/mol. The zero-order chi connectivity index (χ0) is 15.8. The Hall–Kier alpha value is -1.07. The minimum atomic E-state index is -0.0279. The molecule has 1 rings (SSSR count). The number of aromatic hydroxyl groups is 1. The summed E-state index contributed by atoms with van der Waals surface area (Å²) in [5.74, 6) is 0.0693. The van der Waals surface area contributed by atoms with E-state index in [4.69, 9.17) is 0 Å². The highest BCUT2D eigenvalue weighted by molar-refractivity contribution is 9.10. The van der Waals surface area contributed by atoms with E-state index in [1.165, 1.54) is 6.07 Å². The SMILES string of the molecule is CCN(CC)CCCN(CC)C(=O)c1ccc(Br)c(O)c1. The highest BCUT2D eigenvalue weighted by Gasteiger charge is 2.15. The fraction of sp³-hybridized carbons (Fsp3) is 0.562. The summed E-state index contributed by atoms with van der Waals surface area (Å²) in [4.78, 5) is 16.6. The Labute approximate surface area is 135 Å². The van der Waals surface area contributed by atoms with Crippen LogP contribution >= 0.6 is 15.9 Å². The normalized spacial score (nSPS) is 10.9. The second kappa shape index (κ2) is 9.05. The summed E-state index contributed by atoms with van der Waals surface area (Å²) in [6, 6.07) is 4.95. The molecular weight excluding hydrogens is 332 g/mol. The van der Waals surface area contributed by atoms with E-state index in [1.807, 2.05) is 11.8 Å². The van der Waals surface area contributed by atoms with Gasteiger partial charge >= 0.3 is 0 Å². The molecule has 0 spiro atoms. The van der Waals surface area contributed by atoms with Crippen LogP contribution in [0.1, 0.15) is 37.6 Å². The first-order valence-electron chi connectivity index (χ1n) is 7.53. The van der Waals surface area contributed by atoms with Crippen molar-refractivity contribution in [2.45, 2.75) is 27.2 Å². The van der Waals surface area contributed by atoms with Crippen molar-refractivity contribution in [3.63, 3.8) is 0 Å². The lowest BCUT2D eigenvalue weighted by Gasteiger charge is -2.23. The average Bonchev–Trinajstić information content (AvgIpc) is 2.50. The Balaban J connectivity index is 2.62. The number of carbonyl (C=O) groups is 1. The molecule has 4 nitrogen and oxygen atoms in total. The molecular formula is C16H25BrN2O2. The van der Waals surface area contributed by atoms with Crippen molar-refractivity contribution in [3.05, 3.63) is 28.2 Å². The molecule has 0 saturated heterocycles. The quantitative estimate of drug-likeness (QED) is 0.776. The van der Waals surface area contributed by atoms with Gasteiger partial charge in [-0.3, -0.25) is 4.79 Å². The number of halogens is 1. The summed E-state index contributed by atoms with van der Waals surface area (Å²) in [5, 5.41) is 9.69. The molecule has 0 aliphatic carbocycles. The third-order valence-electron chi connectivity index (χ3n) is 3.66. The van der Waals surface area contributed by atoms with Crippen molar-refractivity contribution in [1.29, 1.82) is 0 Å². The van der Waals surface area contributed by atoms with Crippen molar-refractivity contribution >= 4 is 21.8 Å². The maximum absolute atomic E-state index is 12.4. The third kappa shape index (κ3) is 5.32. The van der Waals surface area contributed by atoms with Crippen LogP contribution in [0, 0.1) is 0 Å². The molecule has 0 atom stereocenters. The van der Waals surface area contributed by atoms with E-state index in [-0.39, 0.29) is 11.7 Å². The number of nitrogens with zero attached hydrogens (tertiary/aromatic N) is 2. The second-order valence-corrected chi connectivity index (χ2v) is 5.79. The maximum atomic E-state index is 12.4. The van der Waals surface area contributed by atoms with Crippen molar-refractivity contribution in [3.8, 4) is 5.75 Å². The number of carbonyl (C=O) groups excluding carboxylic acids is 1. The fourth-order valence-corrected chi connectivity index (χ4v) is 2.50. The van der Waals surface area contributed by atoms with Gasteiger partial charge in [-0.25, -0.2) is 0 Å². The minimum absolute atomic E-state index is 0.0279. The molecule has 0 fully saturated rings. The van der Waals surface area contributed by atoms with Crippen LogP contribution in [0.4, 0.5) is 0 Å². The van der Waals surface area contributed by atoms with E-state index in [0.717, 1.165) is 32.6 Å². The van der Waals surface area contributed by atoms with Crippen molar-refractivity contribution in [2.24, 2.45) is 0 Å². The maximum Gasteiger partial charge on any atom is 0.253 e. The zero-order valence-corrected chi connectivity index (χ0v) is 14.7. The van der Waals surface area contributed by atoms with Crippen molar-refractivity contribution < 1.29 is 9.90 Å². The first kappa shape index (κ1) is 18.0. The van der Waals surface area contributed by atoms with E-state index < -0.39 is 0 Å². The van der Waals surface area contributed by atoms with Gasteiger partial charge in [-0.15, -0.1) is 0 Å². The van der Waals surface area contributed by atoms with Crippen LogP contribution in [0.5, 0.6) is 5.75 Å². The van der Waals surface area contributed by atoms with Gasteiger partial charge in [0.15, 0.2) is 0 Å². The summed E-state index contributed by atoms with van der Waals surface area (Å²) < 4.78 is 0.601. The average molecular weight is 357 g/mol. The van der Waals surface area contributed by atoms with Crippen LogP contribution in [0.3, 0.4) is 0 Å². The molecule has 0 aromatic heterocycles. The topological polar surface area (TPSA) is 43.8 Å². The molecule has 1 aromatic carbocycles. The lowest BCUT2D eigenvalue weighted by molar-refractivity contribution is 0.0757. The van der Waals surface area contributed by atoms with E-state index >= 15 is 0 Å². The molecule has 0 saturated carbocycles. The molecule has 0 heterocycles. The third-order valence-corrected chi connectivity index (χ3v) is 4.33. The first-order chi connectivity index (χ1) is 10.0. The highest BCUT2D eigenvalue weighted by Crippen LogP contribution is 2.24. The Morgan fingerprint density at radius 1 is 1.14 bits per heavy atom. The Morgan fingerprint density at radius 3 is 2.33 bits per heavy atom. The Morgan fingerprint density at radius 2 is 1.81 bits per heavy atom. The molecule has 0 aliphatic rings. The lowest BCUT2D eigenvalue weighted by atomic mass is 10.2. The smallest absolute Gasteiger partial charge is 0.253 e. The minimum Gasteiger partial charge on any atom is -0.507 e. The first-order valence-corrected chi connectivity index (χ1v) is 8.32. The van der Waals surface area contributed by atoms with Crippen LogP contribution in [-0.2, 0) is 0 Å². The molecule has 5 heteroatoms. The molecule has 1 amide bonds. The standard InChI is InChI=1S/C16H25BrN2O2/c1-4-18(5-2)10-7-11-19(6-3)16(21)13-8-9-14(17)15(20)12-13/h8-9,12,20H,4-7,10-11H2,1-3H3. The summed E-state index contributed by atoms with van der Waals surface area (Å²) in [6.07, 6.45) is 0.962. The fourth-order valence-electron chi connectivity index (χ4n) is 2.26. The number of phenols is 1. The Kier molecular flexibility index (Phi) is 7.75. The van der Waals surface area contributed by atoms with Crippen LogP contribution in [0.2, 0.25) is 0 Å². The number of rotatable bonds is 8.